The molecule has 2 heterocycles. The Hall–Kier alpha value is -1.81. The van der Waals surface area contributed by atoms with E-state index < -0.39 is 0 Å². The molecule has 1 aromatic carbocycles. The number of aromatic nitrogens is 1. The number of nitrogens with zero attached hydrogens (tertiary/aromatic N) is 1. The molecule has 0 saturated carbocycles. The normalized spacial score (nSPS) is 18.7. The fraction of sp³-hybridized carbons (Fsp3) is 0.357. The van der Waals surface area contributed by atoms with Gasteiger partial charge in [0.05, 0.1) is 6.04 Å². The second-order valence-electron chi connectivity index (χ2n) is 5.00. The number of hydrogen-bond donors (Lipinski definition) is 2. The van der Waals surface area contributed by atoms with Crippen LogP contribution < -0.4 is 5.32 Å². The maximum atomic E-state index is 12.0. The predicted molar refractivity (Wildman–Crippen MR) is 71.3 cm³/mol. The number of amides is 1. The minimum atomic E-state index is -0.105. The molecule has 18 heavy (non-hydrogen) atoms. The van der Waals surface area contributed by atoms with Crippen molar-refractivity contribution in [1.29, 1.82) is 0 Å². The molecular formula is C14H17N3O. The van der Waals surface area contributed by atoms with Gasteiger partial charge >= 0.3 is 0 Å². The summed E-state index contributed by atoms with van der Waals surface area (Å²) in [5.74, 6) is 0.144. The molecule has 1 amide bonds. The average molecular weight is 243 g/mol. The van der Waals surface area contributed by atoms with Gasteiger partial charge in [-0.15, -0.1) is 0 Å². The zero-order chi connectivity index (χ0) is 12.7. The van der Waals surface area contributed by atoms with Gasteiger partial charge in [0, 0.05) is 37.2 Å². The summed E-state index contributed by atoms with van der Waals surface area (Å²) in [6.45, 7) is 0.730. The molecule has 1 atom stereocenters. The molecule has 0 fully saturated rings. The van der Waals surface area contributed by atoms with E-state index >= 15 is 0 Å². The summed E-state index contributed by atoms with van der Waals surface area (Å²) in [6, 6.07) is 8.16. The van der Waals surface area contributed by atoms with Gasteiger partial charge < -0.3 is 9.88 Å². The zero-order valence-electron chi connectivity index (χ0n) is 10.7. The van der Waals surface area contributed by atoms with Crippen LogP contribution in [-0.2, 0) is 17.8 Å². The first kappa shape index (κ1) is 11.3. The summed E-state index contributed by atoms with van der Waals surface area (Å²) < 4.78 is 0. The van der Waals surface area contributed by atoms with Crippen molar-refractivity contribution in [3.8, 4) is 0 Å². The minimum Gasteiger partial charge on any atom is -0.357 e. The van der Waals surface area contributed by atoms with Crippen molar-refractivity contribution in [2.75, 3.05) is 14.1 Å². The summed E-state index contributed by atoms with van der Waals surface area (Å²) in [6.07, 6.45) is 0.760. The van der Waals surface area contributed by atoms with Gasteiger partial charge in [0.2, 0.25) is 5.91 Å². The first-order chi connectivity index (χ1) is 8.66. The Morgan fingerprint density at radius 3 is 2.89 bits per heavy atom. The highest BCUT2D eigenvalue weighted by molar-refractivity contribution is 5.87. The van der Waals surface area contributed by atoms with Crippen LogP contribution in [0.1, 0.15) is 11.3 Å². The van der Waals surface area contributed by atoms with Gasteiger partial charge in [-0.1, -0.05) is 18.2 Å². The molecule has 3 rings (SSSR count). The van der Waals surface area contributed by atoms with E-state index in [9.17, 15) is 4.79 Å². The summed E-state index contributed by atoms with van der Waals surface area (Å²) in [7, 11) is 3.60. The van der Waals surface area contributed by atoms with E-state index in [0.717, 1.165) is 18.5 Å². The summed E-state index contributed by atoms with van der Waals surface area (Å²) in [5, 5.41) is 4.54. The van der Waals surface area contributed by atoms with Gasteiger partial charge in [-0.05, 0) is 18.1 Å². The highest BCUT2D eigenvalue weighted by Crippen LogP contribution is 2.26. The van der Waals surface area contributed by atoms with Gasteiger partial charge in [0.15, 0.2) is 0 Å². The first-order valence-corrected chi connectivity index (χ1v) is 6.20. The van der Waals surface area contributed by atoms with Crippen LogP contribution >= 0.6 is 0 Å². The van der Waals surface area contributed by atoms with Crippen LogP contribution in [0.25, 0.3) is 10.9 Å². The Balaban J connectivity index is 1.99. The van der Waals surface area contributed by atoms with Gasteiger partial charge in [0.25, 0.3) is 0 Å². The molecule has 0 saturated heterocycles. The number of carbonyl (C=O) groups is 1. The van der Waals surface area contributed by atoms with E-state index in [1.165, 1.54) is 16.6 Å². The number of H-pyrrole nitrogens is 1. The third kappa shape index (κ3) is 1.69. The molecule has 1 unspecified atom stereocenters. The molecule has 4 heteroatoms. The quantitative estimate of drug-likeness (QED) is 0.792. The smallest absolute Gasteiger partial charge is 0.239 e. The molecule has 1 aliphatic rings. The Kier molecular flexibility index (Phi) is 2.59. The lowest BCUT2D eigenvalue weighted by atomic mass is 9.98. The van der Waals surface area contributed by atoms with Gasteiger partial charge in [-0.2, -0.15) is 0 Å². The Morgan fingerprint density at radius 1 is 1.33 bits per heavy atom. The summed E-state index contributed by atoms with van der Waals surface area (Å²) in [4.78, 5) is 17.1. The fourth-order valence-electron chi connectivity index (χ4n) is 2.63. The highest BCUT2D eigenvalue weighted by Gasteiger charge is 2.27. The second-order valence-corrected chi connectivity index (χ2v) is 5.00. The van der Waals surface area contributed by atoms with Gasteiger partial charge in [0.1, 0.15) is 0 Å². The average Bonchev–Trinajstić information content (AvgIpc) is 2.75. The number of carbonyl (C=O) groups excluding carboxylic acids is 1. The zero-order valence-corrected chi connectivity index (χ0v) is 10.7. The van der Waals surface area contributed by atoms with Gasteiger partial charge in [-0.3, -0.25) is 10.1 Å². The molecular weight excluding hydrogens is 226 g/mol. The molecule has 1 aliphatic heterocycles. The van der Waals surface area contributed by atoms with Gasteiger partial charge in [-0.25, -0.2) is 0 Å². The molecule has 0 radical (unpaired) electrons. The van der Waals surface area contributed by atoms with Crippen molar-refractivity contribution in [3.05, 3.63) is 35.5 Å². The Bertz CT molecular complexity index is 600. The van der Waals surface area contributed by atoms with Crippen molar-refractivity contribution in [2.24, 2.45) is 0 Å². The Morgan fingerprint density at radius 2 is 2.11 bits per heavy atom. The number of fused-ring (bicyclic) bond motifs is 3. The number of likely N-dealkylation sites (N-methyl/N-ethyl adjacent to an activating group) is 1. The lowest BCUT2D eigenvalue weighted by molar-refractivity contribution is -0.131. The number of aromatic amines is 1. The van der Waals surface area contributed by atoms with Crippen molar-refractivity contribution < 1.29 is 4.79 Å². The summed E-state index contributed by atoms with van der Waals surface area (Å²) in [5.41, 5.74) is 3.64. The van der Waals surface area contributed by atoms with E-state index in [1.807, 2.05) is 12.1 Å². The van der Waals surface area contributed by atoms with Crippen molar-refractivity contribution >= 4 is 16.8 Å². The molecule has 4 nitrogen and oxygen atoms in total. The van der Waals surface area contributed by atoms with Crippen LogP contribution in [0.4, 0.5) is 0 Å². The monoisotopic (exact) mass is 243 g/mol. The number of rotatable bonds is 1. The number of hydrogen-bond acceptors (Lipinski definition) is 2. The van der Waals surface area contributed by atoms with E-state index in [1.54, 1.807) is 19.0 Å². The maximum Gasteiger partial charge on any atom is 0.239 e. The number of benzene rings is 1. The van der Waals surface area contributed by atoms with Crippen molar-refractivity contribution in [1.82, 2.24) is 15.2 Å². The number of nitrogens with one attached hydrogen (secondary N) is 2. The van der Waals surface area contributed by atoms with E-state index in [4.69, 9.17) is 0 Å². The van der Waals surface area contributed by atoms with Crippen molar-refractivity contribution in [3.63, 3.8) is 0 Å². The lowest BCUT2D eigenvalue weighted by Crippen LogP contribution is -2.47. The molecule has 0 bridgehead atoms. The maximum absolute atomic E-state index is 12.0. The van der Waals surface area contributed by atoms with E-state index in [0.29, 0.717) is 0 Å². The number of para-hydroxylation sites is 1. The molecule has 2 aromatic rings. The SMILES string of the molecule is CN(C)C(=O)C1Cc2c([nH]c3ccccc23)CN1. The molecule has 2 N–H and O–H groups in total. The molecule has 94 valence electrons. The second kappa shape index (κ2) is 4.14. The van der Waals surface area contributed by atoms with Crippen LogP contribution in [0, 0.1) is 0 Å². The molecule has 0 aliphatic carbocycles. The predicted octanol–water partition coefficient (Wildman–Crippen LogP) is 1.27. The standard InChI is InChI=1S/C14H17N3O/c1-17(2)14(18)12-7-10-9-5-3-4-6-11(9)16-13(10)8-15-12/h3-6,12,15-16H,7-8H2,1-2H3. The molecule has 0 spiro atoms. The minimum absolute atomic E-state index is 0.105. The Labute approximate surface area is 106 Å². The van der Waals surface area contributed by atoms with Crippen LogP contribution in [0.15, 0.2) is 24.3 Å². The summed E-state index contributed by atoms with van der Waals surface area (Å²) >= 11 is 0. The van der Waals surface area contributed by atoms with Crippen LogP contribution in [0.5, 0.6) is 0 Å². The lowest BCUT2D eigenvalue weighted by Gasteiger charge is -2.25. The topological polar surface area (TPSA) is 48.1 Å². The van der Waals surface area contributed by atoms with Crippen LogP contribution in [0.3, 0.4) is 0 Å². The first-order valence-electron chi connectivity index (χ1n) is 6.20. The van der Waals surface area contributed by atoms with E-state index in [-0.39, 0.29) is 11.9 Å². The van der Waals surface area contributed by atoms with Crippen molar-refractivity contribution in [2.45, 2.75) is 19.0 Å². The van der Waals surface area contributed by atoms with Crippen LogP contribution in [-0.4, -0.2) is 35.9 Å². The fourth-order valence-corrected chi connectivity index (χ4v) is 2.63. The third-order valence-electron chi connectivity index (χ3n) is 3.57. The van der Waals surface area contributed by atoms with E-state index in [2.05, 4.69) is 22.4 Å². The third-order valence-corrected chi connectivity index (χ3v) is 3.57. The van der Waals surface area contributed by atoms with Crippen LogP contribution in [0.2, 0.25) is 0 Å². The molecule has 1 aromatic heterocycles. The highest BCUT2D eigenvalue weighted by atomic mass is 16.2. The largest absolute Gasteiger partial charge is 0.357 e.